The molecule has 0 bridgehead atoms. The molecular formula is C20H30ClF3IN5O. The molecule has 0 radical (unpaired) electrons. The molecule has 3 rings (SSSR count). The summed E-state index contributed by atoms with van der Waals surface area (Å²) < 4.78 is 43.3. The minimum absolute atomic E-state index is 0. The van der Waals surface area contributed by atoms with Crippen LogP contribution < -0.4 is 10.6 Å². The van der Waals surface area contributed by atoms with Crippen LogP contribution in [0.25, 0.3) is 0 Å². The van der Waals surface area contributed by atoms with Crippen molar-refractivity contribution in [3.8, 4) is 0 Å². The number of likely N-dealkylation sites (tertiary alicyclic amines) is 1. The van der Waals surface area contributed by atoms with Gasteiger partial charge >= 0.3 is 6.18 Å². The maximum atomic E-state index is 12.6. The van der Waals surface area contributed by atoms with Crippen LogP contribution in [0.4, 0.5) is 13.2 Å². The summed E-state index contributed by atoms with van der Waals surface area (Å²) in [6, 6.07) is 7.85. The molecule has 31 heavy (non-hydrogen) atoms. The summed E-state index contributed by atoms with van der Waals surface area (Å²) in [6.45, 7) is 3.56. The largest absolute Gasteiger partial charge is 0.401 e. The minimum Gasteiger partial charge on any atom is -0.379 e. The zero-order valence-corrected chi connectivity index (χ0v) is 20.6. The Hall–Kier alpha value is -0.820. The lowest BCUT2D eigenvalue weighted by atomic mass is 10.0. The molecule has 2 aliphatic rings. The number of aliphatic imine (C=N–C) groups is 1. The van der Waals surface area contributed by atoms with E-state index in [2.05, 4.69) is 20.5 Å². The number of ether oxygens (including phenoxy) is 1. The summed E-state index contributed by atoms with van der Waals surface area (Å²) >= 11 is 6.05. The molecule has 2 aliphatic heterocycles. The molecule has 2 heterocycles. The van der Waals surface area contributed by atoms with Gasteiger partial charge in [0, 0.05) is 50.8 Å². The third-order valence-electron chi connectivity index (χ3n) is 5.44. The fourth-order valence-electron chi connectivity index (χ4n) is 3.96. The number of halogens is 5. The van der Waals surface area contributed by atoms with Crippen LogP contribution in [0.2, 0.25) is 5.02 Å². The third-order valence-corrected chi connectivity index (χ3v) is 5.70. The van der Waals surface area contributed by atoms with Crippen LogP contribution in [0, 0.1) is 0 Å². The highest BCUT2D eigenvalue weighted by Crippen LogP contribution is 2.23. The lowest BCUT2D eigenvalue weighted by molar-refractivity contribution is -0.143. The van der Waals surface area contributed by atoms with Gasteiger partial charge in [0.25, 0.3) is 0 Å². The number of nitrogens with zero attached hydrogens (tertiary/aromatic N) is 3. The van der Waals surface area contributed by atoms with E-state index < -0.39 is 12.7 Å². The van der Waals surface area contributed by atoms with Crippen LogP contribution in [0.15, 0.2) is 29.3 Å². The van der Waals surface area contributed by atoms with Crippen molar-refractivity contribution in [2.45, 2.75) is 24.7 Å². The van der Waals surface area contributed by atoms with Crippen molar-refractivity contribution in [2.24, 2.45) is 4.99 Å². The van der Waals surface area contributed by atoms with E-state index in [1.807, 2.05) is 24.3 Å². The first-order chi connectivity index (χ1) is 14.3. The standard InChI is InChI=1S/C20H29ClF3N5O.HI/c1-25-19(27-17-6-7-28(13-17)14-20(22,23)24)26-12-18(29-8-10-30-11-9-29)15-2-4-16(21)5-3-15;/h2-5,17-18H,6-14H2,1H3,(H2,25,26,27);1H. The first-order valence-electron chi connectivity index (χ1n) is 10.2. The molecule has 1 aromatic carbocycles. The highest BCUT2D eigenvalue weighted by molar-refractivity contribution is 14.0. The van der Waals surface area contributed by atoms with Crippen LogP contribution in [0.3, 0.4) is 0 Å². The molecule has 0 spiro atoms. The predicted octanol–water partition coefficient (Wildman–Crippen LogP) is 3.13. The van der Waals surface area contributed by atoms with Crippen LogP contribution in [0.5, 0.6) is 0 Å². The Kier molecular flexibility index (Phi) is 10.6. The number of hydrogen-bond donors (Lipinski definition) is 2. The van der Waals surface area contributed by atoms with Gasteiger partial charge in [-0.15, -0.1) is 24.0 Å². The fourth-order valence-corrected chi connectivity index (χ4v) is 4.09. The zero-order valence-electron chi connectivity index (χ0n) is 17.5. The number of guanidine groups is 1. The van der Waals surface area contributed by atoms with Crippen molar-refractivity contribution in [3.63, 3.8) is 0 Å². The Morgan fingerprint density at radius 3 is 2.52 bits per heavy atom. The van der Waals surface area contributed by atoms with E-state index >= 15 is 0 Å². The van der Waals surface area contributed by atoms with Gasteiger partial charge in [0.15, 0.2) is 5.96 Å². The average Bonchev–Trinajstić information content (AvgIpc) is 3.14. The van der Waals surface area contributed by atoms with Gasteiger partial charge < -0.3 is 15.4 Å². The second-order valence-corrected chi connectivity index (χ2v) is 8.09. The quantitative estimate of drug-likeness (QED) is 0.310. The van der Waals surface area contributed by atoms with Crippen molar-refractivity contribution in [1.82, 2.24) is 20.4 Å². The van der Waals surface area contributed by atoms with Crippen LogP contribution in [0.1, 0.15) is 18.0 Å². The summed E-state index contributed by atoms with van der Waals surface area (Å²) in [5.74, 6) is 0.598. The molecule has 2 saturated heterocycles. The third kappa shape index (κ3) is 8.56. The first kappa shape index (κ1) is 26.4. The topological polar surface area (TPSA) is 52.1 Å². The average molecular weight is 576 g/mol. The van der Waals surface area contributed by atoms with Crippen molar-refractivity contribution in [1.29, 1.82) is 0 Å². The smallest absolute Gasteiger partial charge is 0.379 e. The van der Waals surface area contributed by atoms with E-state index in [4.69, 9.17) is 16.3 Å². The summed E-state index contributed by atoms with van der Waals surface area (Å²) in [5, 5.41) is 7.31. The van der Waals surface area contributed by atoms with Crippen molar-refractivity contribution in [3.05, 3.63) is 34.9 Å². The second-order valence-electron chi connectivity index (χ2n) is 7.65. The first-order valence-corrected chi connectivity index (χ1v) is 10.6. The molecule has 0 aromatic heterocycles. The Balaban J connectivity index is 0.00000341. The van der Waals surface area contributed by atoms with Gasteiger partial charge in [-0.2, -0.15) is 13.2 Å². The summed E-state index contributed by atoms with van der Waals surface area (Å²) in [7, 11) is 1.67. The molecule has 2 atom stereocenters. The van der Waals surface area contributed by atoms with Gasteiger partial charge in [-0.1, -0.05) is 23.7 Å². The number of alkyl halides is 3. The highest BCUT2D eigenvalue weighted by atomic mass is 127. The molecular weight excluding hydrogens is 546 g/mol. The summed E-state index contributed by atoms with van der Waals surface area (Å²) in [5.41, 5.74) is 1.14. The molecule has 11 heteroatoms. The maximum absolute atomic E-state index is 12.6. The Morgan fingerprint density at radius 1 is 1.23 bits per heavy atom. The molecule has 0 saturated carbocycles. The van der Waals surface area contributed by atoms with Gasteiger partial charge in [-0.05, 0) is 24.1 Å². The van der Waals surface area contributed by atoms with E-state index in [1.54, 1.807) is 7.05 Å². The summed E-state index contributed by atoms with van der Waals surface area (Å²) in [4.78, 5) is 8.05. The number of morpholine rings is 1. The van der Waals surface area contributed by atoms with Crippen molar-refractivity contribution in [2.75, 3.05) is 59.5 Å². The molecule has 2 fully saturated rings. The van der Waals surface area contributed by atoms with Gasteiger partial charge in [0.1, 0.15) is 0 Å². The molecule has 2 unspecified atom stereocenters. The van der Waals surface area contributed by atoms with Crippen LogP contribution in [-0.4, -0.2) is 87.5 Å². The van der Waals surface area contributed by atoms with Crippen LogP contribution >= 0.6 is 35.6 Å². The van der Waals surface area contributed by atoms with Gasteiger partial charge in [0.05, 0.1) is 25.8 Å². The van der Waals surface area contributed by atoms with E-state index in [0.717, 1.165) is 18.7 Å². The molecule has 1 aromatic rings. The minimum atomic E-state index is -4.17. The second kappa shape index (κ2) is 12.4. The molecule has 0 amide bonds. The van der Waals surface area contributed by atoms with Crippen molar-refractivity contribution >= 4 is 41.5 Å². The zero-order chi connectivity index (χ0) is 21.6. The van der Waals surface area contributed by atoms with Crippen molar-refractivity contribution < 1.29 is 17.9 Å². The van der Waals surface area contributed by atoms with E-state index in [-0.39, 0.29) is 36.1 Å². The monoisotopic (exact) mass is 575 g/mol. The molecule has 176 valence electrons. The van der Waals surface area contributed by atoms with E-state index in [0.29, 0.717) is 50.3 Å². The maximum Gasteiger partial charge on any atom is 0.401 e. The molecule has 6 nitrogen and oxygen atoms in total. The molecule has 2 N–H and O–H groups in total. The number of benzene rings is 1. The lowest BCUT2D eigenvalue weighted by Gasteiger charge is -2.35. The SMILES string of the molecule is CN=C(NCC(c1ccc(Cl)cc1)N1CCOCC1)NC1CCN(CC(F)(F)F)C1.I. The number of nitrogens with one attached hydrogen (secondary N) is 2. The number of rotatable bonds is 6. The van der Waals surface area contributed by atoms with Gasteiger partial charge in [0.2, 0.25) is 0 Å². The predicted molar refractivity (Wildman–Crippen MR) is 127 cm³/mol. The van der Waals surface area contributed by atoms with Gasteiger partial charge in [-0.25, -0.2) is 0 Å². The summed E-state index contributed by atoms with van der Waals surface area (Å²) in [6.07, 6.45) is -3.51. The number of hydrogen-bond acceptors (Lipinski definition) is 4. The Labute approximate surface area is 203 Å². The van der Waals surface area contributed by atoms with Gasteiger partial charge in [-0.3, -0.25) is 14.8 Å². The van der Waals surface area contributed by atoms with E-state index in [9.17, 15) is 13.2 Å². The fraction of sp³-hybridized carbons (Fsp3) is 0.650. The highest BCUT2D eigenvalue weighted by Gasteiger charge is 2.34. The Morgan fingerprint density at radius 2 is 1.90 bits per heavy atom. The van der Waals surface area contributed by atoms with E-state index in [1.165, 1.54) is 4.90 Å². The molecule has 0 aliphatic carbocycles. The lowest BCUT2D eigenvalue weighted by Crippen LogP contribution is -2.49. The van der Waals surface area contributed by atoms with Crippen LogP contribution in [-0.2, 0) is 4.74 Å². The Bertz CT molecular complexity index is 701. The normalized spacial score (nSPS) is 22.1.